The van der Waals surface area contributed by atoms with Gasteiger partial charge in [0, 0.05) is 6.54 Å². The van der Waals surface area contributed by atoms with E-state index in [-0.39, 0.29) is 17.3 Å². The Morgan fingerprint density at radius 3 is 2.70 bits per heavy atom. The molecule has 0 aliphatic carbocycles. The van der Waals surface area contributed by atoms with E-state index in [0.29, 0.717) is 12.2 Å². The third-order valence-corrected chi connectivity index (χ3v) is 3.60. The van der Waals surface area contributed by atoms with E-state index in [2.05, 4.69) is 35.8 Å². The van der Waals surface area contributed by atoms with Gasteiger partial charge in [-0.3, -0.25) is 4.79 Å². The first-order valence-corrected chi connectivity index (χ1v) is 8.03. The molecule has 0 unspecified atom stereocenters. The third kappa shape index (κ3) is 4.15. The Morgan fingerprint density at radius 1 is 1.33 bits per heavy atom. The standard InChI is InChI=1S/C16H19N9O2/c1-10-4-6-11(7-5-10)8-18-20-16(26)13-12(9-24(2)3)25(23-19-13)15-14(17)21-27-22-15/h4-8H,9H2,1-3H3,(H2,17,21)(H,20,26). The molecule has 1 amide bonds. The number of aromatic nitrogens is 5. The van der Waals surface area contributed by atoms with Gasteiger partial charge in [0.15, 0.2) is 5.69 Å². The number of carbonyl (C=O) groups excluding carboxylic acids is 1. The van der Waals surface area contributed by atoms with Crippen LogP contribution >= 0.6 is 0 Å². The minimum atomic E-state index is -0.503. The first kappa shape index (κ1) is 18.2. The summed E-state index contributed by atoms with van der Waals surface area (Å²) < 4.78 is 5.92. The Balaban J connectivity index is 1.82. The maximum atomic E-state index is 12.5. The third-order valence-electron chi connectivity index (χ3n) is 3.60. The molecular formula is C16H19N9O2. The second kappa shape index (κ2) is 7.74. The molecule has 0 aliphatic rings. The van der Waals surface area contributed by atoms with E-state index in [1.54, 1.807) is 6.21 Å². The Kier molecular flexibility index (Phi) is 5.22. The smallest absolute Gasteiger partial charge is 0.293 e. The molecule has 3 N–H and O–H groups in total. The molecule has 0 aliphatic heterocycles. The lowest BCUT2D eigenvalue weighted by Crippen LogP contribution is -2.23. The number of nitrogens with one attached hydrogen (secondary N) is 1. The van der Waals surface area contributed by atoms with Crippen molar-refractivity contribution in [2.75, 3.05) is 19.8 Å². The predicted molar refractivity (Wildman–Crippen MR) is 97.3 cm³/mol. The maximum absolute atomic E-state index is 12.5. The molecular weight excluding hydrogens is 350 g/mol. The van der Waals surface area contributed by atoms with Crippen LogP contribution in [0.15, 0.2) is 34.0 Å². The predicted octanol–water partition coefficient (Wildman–Crippen LogP) is 0.366. The monoisotopic (exact) mass is 369 g/mol. The molecule has 140 valence electrons. The summed E-state index contributed by atoms with van der Waals surface area (Å²) in [6.07, 6.45) is 1.55. The van der Waals surface area contributed by atoms with Crippen molar-refractivity contribution in [1.29, 1.82) is 0 Å². The lowest BCUT2D eigenvalue weighted by molar-refractivity contribution is 0.0948. The second-order valence-corrected chi connectivity index (χ2v) is 6.12. The Bertz CT molecular complexity index is 957. The molecule has 3 rings (SSSR count). The Hall–Kier alpha value is -3.60. The van der Waals surface area contributed by atoms with Crippen LogP contribution in [-0.2, 0) is 6.54 Å². The molecule has 11 heteroatoms. The second-order valence-electron chi connectivity index (χ2n) is 6.12. The van der Waals surface area contributed by atoms with E-state index < -0.39 is 5.91 Å². The van der Waals surface area contributed by atoms with E-state index >= 15 is 0 Å². The molecule has 27 heavy (non-hydrogen) atoms. The summed E-state index contributed by atoms with van der Waals surface area (Å²) in [6.45, 7) is 2.36. The number of benzene rings is 1. The van der Waals surface area contributed by atoms with Crippen LogP contribution in [-0.4, -0.2) is 56.4 Å². The van der Waals surface area contributed by atoms with Crippen molar-refractivity contribution in [3.8, 4) is 5.82 Å². The van der Waals surface area contributed by atoms with Crippen molar-refractivity contribution in [1.82, 2.24) is 35.6 Å². The highest BCUT2D eigenvalue weighted by molar-refractivity contribution is 5.94. The van der Waals surface area contributed by atoms with Crippen molar-refractivity contribution >= 4 is 17.9 Å². The maximum Gasteiger partial charge on any atom is 0.293 e. The molecule has 0 saturated carbocycles. The molecule has 0 saturated heterocycles. The van der Waals surface area contributed by atoms with Crippen molar-refractivity contribution in [3.05, 3.63) is 46.8 Å². The molecule has 0 spiro atoms. The normalized spacial score (nSPS) is 11.4. The van der Waals surface area contributed by atoms with Crippen LogP contribution in [0, 0.1) is 6.92 Å². The van der Waals surface area contributed by atoms with Gasteiger partial charge in [0.05, 0.1) is 11.9 Å². The van der Waals surface area contributed by atoms with Crippen molar-refractivity contribution in [2.24, 2.45) is 5.10 Å². The Morgan fingerprint density at radius 2 is 2.07 bits per heavy atom. The van der Waals surface area contributed by atoms with Gasteiger partial charge < -0.3 is 10.6 Å². The summed E-state index contributed by atoms with van der Waals surface area (Å²) in [5, 5.41) is 19.1. The number of anilines is 1. The number of aryl methyl sites for hydroxylation is 1. The summed E-state index contributed by atoms with van der Waals surface area (Å²) in [5.74, 6) is -0.290. The van der Waals surface area contributed by atoms with Crippen molar-refractivity contribution in [3.63, 3.8) is 0 Å². The van der Waals surface area contributed by atoms with Crippen molar-refractivity contribution < 1.29 is 9.42 Å². The van der Waals surface area contributed by atoms with Gasteiger partial charge in [0.25, 0.3) is 5.91 Å². The van der Waals surface area contributed by atoms with Gasteiger partial charge in [-0.2, -0.15) is 9.78 Å². The number of hydrogen-bond acceptors (Lipinski definition) is 9. The number of nitrogens with two attached hydrogens (primary N) is 1. The zero-order chi connectivity index (χ0) is 19.4. The van der Waals surface area contributed by atoms with Gasteiger partial charge in [-0.25, -0.2) is 10.1 Å². The minimum absolute atomic E-state index is 0.0456. The summed E-state index contributed by atoms with van der Waals surface area (Å²) in [6, 6.07) is 7.72. The van der Waals surface area contributed by atoms with E-state index in [1.807, 2.05) is 50.2 Å². The molecule has 0 bridgehead atoms. The fraction of sp³-hybridized carbons (Fsp3) is 0.250. The van der Waals surface area contributed by atoms with E-state index in [1.165, 1.54) is 4.68 Å². The van der Waals surface area contributed by atoms with Crippen LogP contribution in [0.4, 0.5) is 5.82 Å². The van der Waals surface area contributed by atoms with Crippen LogP contribution < -0.4 is 11.2 Å². The number of carbonyl (C=O) groups is 1. The zero-order valence-electron chi connectivity index (χ0n) is 15.1. The van der Waals surface area contributed by atoms with Crippen LogP contribution in [0.3, 0.4) is 0 Å². The molecule has 11 nitrogen and oxygen atoms in total. The first-order chi connectivity index (χ1) is 13.0. The highest BCUT2D eigenvalue weighted by Gasteiger charge is 2.24. The summed E-state index contributed by atoms with van der Waals surface area (Å²) in [7, 11) is 3.69. The van der Waals surface area contributed by atoms with E-state index in [9.17, 15) is 4.79 Å². The summed E-state index contributed by atoms with van der Waals surface area (Å²) in [4.78, 5) is 14.4. The average Bonchev–Trinajstić information content (AvgIpc) is 3.22. The van der Waals surface area contributed by atoms with Gasteiger partial charge in [-0.05, 0) is 36.9 Å². The zero-order valence-corrected chi connectivity index (χ0v) is 15.1. The van der Waals surface area contributed by atoms with Gasteiger partial charge in [0.1, 0.15) is 0 Å². The molecule has 0 fully saturated rings. The van der Waals surface area contributed by atoms with Gasteiger partial charge >= 0.3 is 0 Å². The molecule has 2 heterocycles. The Labute approximate surface area is 154 Å². The van der Waals surface area contributed by atoms with Gasteiger partial charge in [-0.15, -0.1) is 5.10 Å². The quantitative estimate of drug-likeness (QED) is 0.469. The van der Waals surface area contributed by atoms with Crippen molar-refractivity contribution in [2.45, 2.75) is 13.5 Å². The molecule has 3 aromatic rings. The first-order valence-electron chi connectivity index (χ1n) is 8.03. The highest BCUT2D eigenvalue weighted by Crippen LogP contribution is 2.16. The van der Waals surface area contributed by atoms with Crippen LogP contribution in [0.5, 0.6) is 0 Å². The molecule has 0 atom stereocenters. The van der Waals surface area contributed by atoms with E-state index in [0.717, 1.165) is 11.1 Å². The fourth-order valence-corrected chi connectivity index (χ4v) is 2.30. The number of rotatable bonds is 6. The van der Waals surface area contributed by atoms with Gasteiger partial charge in [0.2, 0.25) is 11.6 Å². The number of amides is 1. The molecule has 1 aromatic carbocycles. The van der Waals surface area contributed by atoms with Gasteiger partial charge in [-0.1, -0.05) is 35.0 Å². The van der Waals surface area contributed by atoms with E-state index in [4.69, 9.17) is 5.73 Å². The number of hydrogen-bond donors (Lipinski definition) is 2. The summed E-state index contributed by atoms with van der Waals surface area (Å²) in [5.41, 5.74) is 10.8. The largest absolute Gasteiger partial charge is 0.378 e. The lowest BCUT2D eigenvalue weighted by Gasteiger charge is -2.11. The number of hydrazone groups is 1. The van der Waals surface area contributed by atoms with Crippen LogP contribution in [0.25, 0.3) is 5.82 Å². The highest BCUT2D eigenvalue weighted by atomic mass is 16.6. The molecule has 0 radical (unpaired) electrons. The topological polar surface area (TPSA) is 140 Å². The van der Waals surface area contributed by atoms with Crippen LogP contribution in [0.2, 0.25) is 0 Å². The SMILES string of the molecule is Cc1ccc(C=NNC(=O)c2nnn(-c3nonc3N)c2CN(C)C)cc1. The van der Waals surface area contributed by atoms with Crippen LogP contribution in [0.1, 0.15) is 27.3 Å². The fourth-order valence-electron chi connectivity index (χ4n) is 2.30. The average molecular weight is 369 g/mol. The summed E-state index contributed by atoms with van der Waals surface area (Å²) >= 11 is 0. The number of nitrogen functional groups attached to an aromatic ring is 1. The number of nitrogens with zero attached hydrogens (tertiary/aromatic N) is 7. The minimum Gasteiger partial charge on any atom is -0.378 e. The molecule has 2 aromatic heterocycles. The lowest BCUT2D eigenvalue weighted by atomic mass is 10.2.